The molecule has 278 valence electrons. The van der Waals surface area contributed by atoms with E-state index >= 15 is 0 Å². The number of nitrogens with zero attached hydrogens (tertiary/aromatic N) is 1. The van der Waals surface area contributed by atoms with E-state index in [2.05, 4.69) is 187 Å². The minimum atomic E-state index is 0.818. The molecule has 0 unspecified atom stereocenters. The van der Waals surface area contributed by atoms with Gasteiger partial charge >= 0.3 is 0 Å². The first-order valence-corrected chi connectivity index (χ1v) is 20.9. The number of nitrogens with two attached hydrogens (primary N) is 1. The summed E-state index contributed by atoms with van der Waals surface area (Å²) < 4.78 is 4.92. The Morgan fingerprint density at radius 1 is 0.579 bits per heavy atom. The lowest BCUT2D eigenvalue weighted by molar-refractivity contribution is 1.14. The highest BCUT2D eigenvalue weighted by Gasteiger charge is 2.31. The molecule has 0 atom stereocenters. The molecule has 3 heterocycles. The van der Waals surface area contributed by atoms with Gasteiger partial charge in [0.05, 0.1) is 11.1 Å². The predicted octanol–water partition coefficient (Wildman–Crippen LogP) is 14.6. The summed E-state index contributed by atoms with van der Waals surface area (Å²) >= 11 is 5.38. The maximum atomic E-state index is 6.22. The van der Waals surface area contributed by atoms with Gasteiger partial charge in [0.25, 0.3) is 0 Å². The van der Waals surface area contributed by atoms with E-state index in [4.69, 9.17) is 5.73 Å². The third kappa shape index (κ3) is 7.12. The number of thiophene rings is 1. The summed E-state index contributed by atoms with van der Waals surface area (Å²) in [5.74, 6) is 0. The van der Waals surface area contributed by atoms with Crippen LogP contribution in [-0.4, -0.2) is 17.5 Å². The van der Waals surface area contributed by atoms with Gasteiger partial charge in [-0.2, -0.15) is 17.2 Å². The molecule has 0 spiro atoms. The smallest absolute Gasteiger partial charge is 0.219 e. The number of rotatable bonds is 5. The van der Waals surface area contributed by atoms with Crippen LogP contribution in [0.4, 0.5) is 17.1 Å². The number of fused-ring (bicyclic) bond motifs is 9. The minimum absolute atomic E-state index is 0.818. The second kappa shape index (κ2) is 16.8. The quantitative estimate of drug-likeness (QED) is 0.0693. The van der Waals surface area contributed by atoms with E-state index in [0.29, 0.717) is 0 Å². The molecule has 1 aliphatic rings. The number of aromatic amines is 1. The van der Waals surface area contributed by atoms with Crippen molar-refractivity contribution in [3.05, 3.63) is 193 Å². The van der Waals surface area contributed by atoms with Crippen LogP contribution >= 0.6 is 24.0 Å². The number of allylic oxidation sites excluding steroid dienone is 5. The number of benzene rings is 7. The second-order valence-electron chi connectivity index (χ2n) is 13.7. The lowest BCUT2D eigenvalue weighted by Gasteiger charge is -2.11. The number of hydrogen-bond donors (Lipinski definition) is 3. The summed E-state index contributed by atoms with van der Waals surface area (Å²) in [5.41, 5.74) is 20.4. The van der Waals surface area contributed by atoms with Gasteiger partial charge < -0.3 is 10.7 Å². The van der Waals surface area contributed by atoms with E-state index in [1.54, 1.807) is 6.26 Å². The molecule has 5 heteroatoms. The molecule has 7 aromatic carbocycles. The molecule has 57 heavy (non-hydrogen) atoms. The van der Waals surface area contributed by atoms with Crippen molar-refractivity contribution in [2.24, 2.45) is 0 Å². The summed E-state index contributed by atoms with van der Waals surface area (Å²) in [6.07, 6.45) is 14.2. The number of thiol groups is 1. The van der Waals surface area contributed by atoms with Crippen LogP contribution < -0.4 is 10.3 Å². The molecule has 0 bridgehead atoms. The molecule has 0 fully saturated rings. The molecule has 10 rings (SSSR count). The molecule has 0 aliphatic carbocycles. The first kappa shape index (κ1) is 37.5. The van der Waals surface area contributed by atoms with E-state index in [0.717, 1.165) is 11.3 Å². The van der Waals surface area contributed by atoms with Crippen LogP contribution in [0.25, 0.3) is 69.8 Å². The van der Waals surface area contributed by atoms with Crippen LogP contribution in [0, 0.1) is 0 Å². The zero-order valence-electron chi connectivity index (χ0n) is 32.3. The first-order valence-electron chi connectivity index (χ1n) is 19.2. The highest BCUT2D eigenvalue weighted by molar-refractivity contribution is 7.79. The van der Waals surface area contributed by atoms with Crippen molar-refractivity contribution in [3.8, 4) is 22.3 Å². The van der Waals surface area contributed by atoms with E-state index in [9.17, 15) is 0 Å². The normalized spacial score (nSPS) is 13.0. The van der Waals surface area contributed by atoms with E-state index in [1.165, 1.54) is 86.7 Å². The van der Waals surface area contributed by atoms with Crippen molar-refractivity contribution < 1.29 is 0 Å². The van der Waals surface area contributed by atoms with Crippen LogP contribution in [0.1, 0.15) is 25.0 Å². The van der Waals surface area contributed by atoms with Crippen molar-refractivity contribution in [2.75, 3.05) is 12.0 Å². The molecular formula is C52H44N3S2+. The number of anilines is 1. The molecule has 0 saturated carbocycles. The van der Waals surface area contributed by atoms with Crippen molar-refractivity contribution >= 4 is 94.8 Å². The SMILES string of the molecule is C/C=C(\c1ccccc1N)c1cccc2c1sc1ccccc12.C/C=C\C=C/C=[N+]1c2ccccc2-c2cc(-c3ccc4[nH]c5ccccc5c4c3)ccc21.CS. The molecule has 0 amide bonds. The molecule has 3 nitrogen and oxygen atoms in total. The highest BCUT2D eigenvalue weighted by Crippen LogP contribution is 2.46. The Kier molecular flexibility index (Phi) is 11.0. The fourth-order valence-corrected chi connectivity index (χ4v) is 9.07. The summed E-state index contributed by atoms with van der Waals surface area (Å²) in [6.45, 7) is 4.11. The van der Waals surface area contributed by atoms with Gasteiger partial charge in [0, 0.05) is 71.4 Å². The maximum absolute atomic E-state index is 6.22. The Morgan fingerprint density at radius 3 is 2.09 bits per heavy atom. The first-order chi connectivity index (χ1) is 28.1. The van der Waals surface area contributed by atoms with Gasteiger partial charge in [-0.05, 0) is 90.9 Å². The second-order valence-corrected chi connectivity index (χ2v) is 14.7. The number of nitrogen functional groups attached to an aromatic ring is 1. The Hall–Kier alpha value is -6.40. The molecule has 3 N–H and O–H groups in total. The number of para-hydroxylation sites is 3. The Bertz CT molecular complexity index is 3030. The van der Waals surface area contributed by atoms with Crippen LogP contribution in [-0.2, 0) is 0 Å². The highest BCUT2D eigenvalue weighted by atomic mass is 32.1. The minimum Gasteiger partial charge on any atom is -0.398 e. The van der Waals surface area contributed by atoms with Crippen LogP contribution in [0.15, 0.2) is 182 Å². The molecule has 2 aromatic heterocycles. The van der Waals surface area contributed by atoms with Gasteiger partial charge in [0.15, 0.2) is 6.21 Å². The number of hydrogen-bond acceptors (Lipinski definition) is 3. The largest absolute Gasteiger partial charge is 0.398 e. The summed E-state index contributed by atoms with van der Waals surface area (Å²) in [4.78, 5) is 3.52. The lowest BCUT2D eigenvalue weighted by atomic mass is 9.95. The van der Waals surface area contributed by atoms with Crippen LogP contribution in [0.5, 0.6) is 0 Å². The van der Waals surface area contributed by atoms with Gasteiger partial charge in [-0.1, -0.05) is 115 Å². The topological polar surface area (TPSA) is 44.8 Å². The number of H-pyrrole nitrogens is 1. The van der Waals surface area contributed by atoms with Crippen LogP contribution in [0.2, 0.25) is 0 Å². The van der Waals surface area contributed by atoms with Gasteiger partial charge in [-0.15, -0.1) is 11.3 Å². The maximum Gasteiger partial charge on any atom is 0.219 e. The molecule has 0 radical (unpaired) electrons. The van der Waals surface area contributed by atoms with Gasteiger partial charge in [-0.3, -0.25) is 0 Å². The van der Waals surface area contributed by atoms with E-state index in [-0.39, 0.29) is 0 Å². The van der Waals surface area contributed by atoms with Crippen molar-refractivity contribution in [1.29, 1.82) is 0 Å². The predicted molar refractivity (Wildman–Crippen MR) is 256 cm³/mol. The van der Waals surface area contributed by atoms with Gasteiger partial charge in [-0.25, -0.2) is 0 Å². The number of nitrogens with one attached hydrogen (secondary N) is 1. The van der Waals surface area contributed by atoms with Crippen LogP contribution in [0.3, 0.4) is 0 Å². The standard InChI is InChI=1S/C30H23N2.C21H17NS.CH4S/c1-2-3-4-9-18-32-29-13-8-6-11-24(29)26-20-22(15-17-30(26)32)21-14-16-28-25(19-21)23-10-5-7-12-27(23)31-28;1-2-14(15-8-3-5-12-19(15)22)17-10-7-11-18-16-9-4-6-13-20(16)23-21(17)18;1-2/h2-20,31H,1H3;2-13H,22H2,1H3;2H,1H3/q+1;;/b3-2-,9-4-,32-18?;14-2+;. The van der Waals surface area contributed by atoms with Crippen molar-refractivity contribution in [3.63, 3.8) is 0 Å². The summed E-state index contributed by atoms with van der Waals surface area (Å²) in [5, 5.41) is 5.18. The number of aromatic nitrogens is 1. The third-order valence-electron chi connectivity index (χ3n) is 10.4. The Labute approximate surface area is 343 Å². The zero-order chi connectivity index (χ0) is 39.3. The van der Waals surface area contributed by atoms with Crippen molar-refractivity contribution in [2.45, 2.75) is 13.8 Å². The molecule has 0 saturated heterocycles. The average Bonchev–Trinajstić information content (AvgIpc) is 3.94. The molecular weight excluding hydrogens is 731 g/mol. The zero-order valence-corrected chi connectivity index (χ0v) is 34.0. The Balaban J connectivity index is 0.000000161. The van der Waals surface area contributed by atoms with Gasteiger partial charge in [0.1, 0.15) is 0 Å². The molecule has 1 aliphatic heterocycles. The monoisotopic (exact) mass is 774 g/mol. The lowest BCUT2D eigenvalue weighted by Crippen LogP contribution is -2.00. The summed E-state index contributed by atoms with van der Waals surface area (Å²) in [6, 6.07) is 53.8. The molecule has 9 aromatic rings. The van der Waals surface area contributed by atoms with Crippen molar-refractivity contribution in [1.82, 2.24) is 9.56 Å². The van der Waals surface area contributed by atoms with E-state index in [1.807, 2.05) is 48.6 Å². The average molecular weight is 775 g/mol. The van der Waals surface area contributed by atoms with Gasteiger partial charge in [0.2, 0.25) is 11.4 Å². The fourth-order valence-electron chi connectivity index (χ4n) is 7.84. The Morgan fingerprint density at radius 2 is 1.25 bits per heavy atom. The van der Waals surface area contributed by atoms with E-state index < -0.39 is 0 Å². The fraction of sp³-hybridized carbons (Fsp3) is 0.0577. The third-order valence-corrected chi connectivity index (χ3v) is 11.7. The summed E-state index contributed by atoms with van der Waals surface area (Å²) in [7, 11) is 0.